The monoisotopic (exact) mass is 422 g/mol. The van der Waals surface area contributed by atoms with Crippen molar-refractivity contribution in [2.45, 2.75) is 39.2 Å². The molecule has 0 N–H and O–H groups in total. The summed E-state index contributed by atoms with van der Waals surface area (Å²) >= 11 is 3.42. The molecular weight excluding hydrogens is 400 g/mol. The molecule has 26 heavy (non-hydrogen) atoms. The van der Waals surface area contributed by atoms with Gasteiger partial charge in [-0.25, -0.2) is 4.79 Å². The third-order valence-electron chi connectivity index (χ3n) is 4.33. The number of hydrogen-bond donors (Lipinski definition) is 0. The highest BCUT2D eigenvalue weighted by molar-refractivity contribution is 9.10. The lowest BCUT2D eigenvalue weighted by atomic mass is 10.0. The third-order valence-corrected chi connectivity index (χ3v) is 4.83. The second-order valence-corrected chi connectivity index (χ2v) is 8.39. The van der Waals surface area contributed by atoms with Gasteiger partial charge in [-0.1, -0.05) is 15.9 Å². The number of rotatable bonds is 0. The number of anilines is 1. The van der Waals surface area contributed by atoms with Gasteiger partial charge in [-0.3, -0.25) is 4.79 Å². The average Bonchev–Trinajstić information content (AvgIpc) is 2.57. The maximum Gasteiger partial charge on any atom is 0.410 e. The van der Waals surface area contributed by atoms with Gasteiger partial charge in [0.05, 0.1) is 5.69 Å². The number of piperidine rings is 1. The lowest BCUT2D eigenvalue weighted by molar-refractivity contribution is -0.117. The van der Waals surface area contributed by atoms with Gasteiger partial charge in [0, 0.05) is 24.6 Å². The van der Waals surface area contributed by atoms with Crippen molar-refractivity contribution >= 4 is 33.6 Å². The van der Waals surface area contributed by atoms with Crippen molar-refractivity contribution in [2.24, 2.45) is 0 Å². The van der Waals surface area contributed by atoms with E-state index in [-0.39, 0.29) is 12.0 Å². The van der Waals surface area contributed by atoms with Crippen molar-refractivity contribution in [1.29, 1.82) is 0 Å². The first-order valence-electron chi connectivity index (χ1n) is 8.61. The average molecular weight is 423 g/mol. The number of nitrogens with zero attached hydrogens (tertiary/aromatic N) is 2. The van der Waals surface area contributed by atoms with Crippen LogP contribution in [0.3, 0.4) is 0 Å². The Labute approximate surface area is 161 Å². The Morgan fingerprint density at radius 1 is 1.23 bits per heavy atom. The molecule has 6 nitrogen and oxygen atoms in total. The van der Waals surface area contributed by atoms with Crippen LogP contribution in [0.5, 0.6) is 5.75 Å². The Balaban J connectivity index is 1.75. The van der Waals surface area contributed by atoms with Gasteiger partial charge in [0.15, 0.2) is 11.5 Å². The van der Waals surface area contributed by atoms with Crippen LogP contribution in [0.25, 0.3) is 0 Å². The first kappa shape index (κ1) is 18.8. The molecule has 7 heteroatoms. The summed E-state index contributed by atoms with van der Waals surface area (Å²) in [7, 11) is 1.74. The summed E-state index contributed by atoms with van der Waals surface area (Å²) in [4.78, 5) is 28.2. The fourth-order valence-electron chi connectivity index (χ4n) is 2.99. The number of likely N-dealkylation sites (tertiary alicyclic amines) is 1. The number of hydrogen-bond acceptors (Lipinski definition) is 4. The normalized spacial score (nSPS) is 17.8. The highest BCUT2D eigenvalue weighted by Crippen LogP contribution is 2.38. The van der Waals surface area contributed by atoms with Gasteiger partial charge >= 0.3 is 6.09 Å². The van der Waals surface area contributed by atoms with Crippen LogP contribution in [-0.4, -0.2) is 42.6 Å². The lowest BCUT2D eigenvalue weighted by Gasteiger charge is -2.33. The molecule has 0 radical (unpaired) electrons. The molecule has 1 aromatic rings. The Morgan fingerprint density at radius 2 is 1.88 bits per heavy atom. The van der Waals surface area contributed by atoms with Crippen molar-refractivity contribution in [3.63, 3.8) is 0 Å². The van der Waals surface area contributed by atoms with Gasteiger partial charge in [0.2, 0.25) is 0 Å². The Morgan fingerprint density at radius 3 is 2.50 bits per heavy atom. The van der Waals surface area contributed by atoms with E-state index in [1.54, 1.807) is 16.8 Å². The Hall–Kier alpha value is -2.02. The number of ether oxygens (including phenoxy) is 2. The van der Waals surface area contributed by atoms with Crippen molar-refractivity contribution in [2.75, 3.05) is 25.0 Å². The van der Waals surface area contributed by atoms with E-state index in [9.17, 15) is 9.59 Å². The molecule has 3 rings (SSSR count). The summed E-state index contributed by atoms with van der Waals surface area (Å²) in [6.45, 7) is 6.58. The minimum absolute atomic E-state index is 0.156. The first-order valence-corrected chi connectivity index (χ1v) is 9.40. The van der Waals surface area contributed by atoms with Gasteiger partial charge in [-0.05, 0) is 57.4 Å². The minimum atomic E-state index is -0.515. The molecule has 2 amide bonds. The molecule has 2 aliphatic heterocycles. The van der Waals surface area contributed by atoms with Gasteiger partial charge in [-0.2, -0.15) is 0 Å². The van der Waals surface area contributed by atoms with Gasteiger partial charge in [0.1, 0.15) is 5.60 Å². The Bertz CT molecular complexity index is 772. The molecule has 0 aromatic heterocycles. The van der Waals surface area contributed by atoms with E-state index in [2.05, 4.69) is 15.9 Å². The lowest BCUT2D eigenvalue weighted by Crippen LogP contribution is -2.41. The number of halogens is 1. The number of amides is 2. The molecule has 0 bridgehead atoms. The quantitative estimate of drug-likeness (QED) is 0.590. The maximum atomic E-state index is 12.7. The summed E-state index contributed by atoms with van der Waals surface area (Å²) in [5, 5.41) is 0. The van der Waals surface area contributed by atoms with Crippen LogP contribution in [0.15, 0.2) is 34.0 Å². The summed E-state index contributed by atoms with van der Waals surface area (Å²) in [6.07, 6.45) is 0.879. The molecule has 140 valence electrons. The zero-order valence-electron chi connectivity index (χ0n) is 15.5. The Kier molecular flexibility index (Phi) is 5.01. The van der Waals surface area contributed by atoms with Crippen LogP contribution < -0.4 is 9.64 Å². The van der Waals surface area contributed by atoms with E-state index in [1.807, 2.05) is 39.0 Å². The molecule has 0 aliphatic carbocycles. The van der Waals surface area contributed by atoms with E-state index in [4.69, 9.17) is 9.47 Å². The maximum absolute atomic E-state index is 12.7. The predicted molar refractivity (Wildman–Crippen MR) is 102 cm³/mol. The fourth-order valence-corrected chi connectivity index (χ4v) is 3.34. The summed E-state index contributed by atoms with van der Waals surface area (Å²) < 4.78 is 12.2. The van der Waals surface area contributed by atoms with Gasteiger partial charge < -0.3 is 19.3 Å². The molecular formula is C19H23BrN2O4. The largest absolute Gasteiger partial charge is 0.449 e. The van der Waals surface area contributed by atoms with Crippen LogP contribution in [0.2, 0.25) is 0 Å². The number of benzene rings is 1. The molecule has 2 aliphatic rings. The number of fused-ring (bicyclic) bond motifs is 1. The van der Waals surface area contributed by atoms with E-state index in [0.29, 0.717) is 37.4 Å². The molecule has 1 fully saturated rings. The third kappa shape index (κ3) is 3.87. The minimum Gasteiger partial charge on any atom is -0.449 e. The zero-order chi connectivity index (χ0) is 19.1. The van der Waals surface area contributed by atoms with Crippen molar-refractivity contribution in [1.82, 2.24) is 4.90 Å². The molecule has 1 saturated heterocycles. The highest BCUT2D eigenvalue weighted by Gasteiger charge is 2.33. The van der Waals surface area contributed by atoms with E-state index in [0.717, 1.165) is 15.7 Å². The summed E-state index contributed by atoms with van der Waals surface area (Å²) in [6, 6.07) is 5.59. The molecule has 2 heterocycles. The fraction of sp³-hybridized carbons (Fsp3) is 0.474. The number of carbonyl (C=O) groups is 2. The highest BCUT2D eigenvalue weighted by atomic mass is 79.9. The molecule has 0 atom stereocenters. The van der Waals surface area contributed by atoms with Crippen molar-refractivity contribution in [3.05, 3.63) is 34.0 Å². The molecule has 0 spiro atoms. The zero-order valence-corrected chi connectivity index (χ0v) is 17.1. The standard InChI is InChI=1S/C19H23BrN2O4/c1-19(2,3)26-18(24)22-9-7-12(8-10-22)16-17(23)21(4)14-11-13(20)5-6-15(14)25-16/h5-6,11H,7-10H2,1-4H3. The van der Waals surface area contributed by atoms with Crippen LogP contribution in [-0.2, 0) is 9.53 Å². The second-order valence-electron chi connectivity index (χ2n) is 7.48. The molecule has 0 unspecified atom stereocenters. The van der Waals surface area contributed by atoms with Crippen LogP contribution in [0, 0.1) is 0 Å². The number of carbonyl (C=O) groups excluding carboxylic acids is 2. The van der Waals surface area contributed by atoms with E-state index < -0.39 is 5.60 Å². The molecule has 0 saturated carbocycles. The van der Waals surface area contributed by atoms with Crippen LogP contribution >= 0.6 is 15.9 Å². The van der Waals surface area contributed by atoms with E-state index >= 15 is 0 Å². The summed E-state index contributed by atoms with van der Waals surface area (Å²) in [5.74, 6) is 0.884. The van der Waals surface area contributed by atoms with Gasteiger partial charge in [0.25, 0.3) is 5.91 Å². The summed E-state index contributed by atoms with van der Waals surface area (Å²) in [5.41, 5.74) is 1.16. The number of likely N-dealkylation sites (N-methyl/N-ethyl adjacent to an activating group) is 1. The molecule has 1 aromatic carbocycles. The van der Waals surface area contributed by atoms with Crippen molar-refractivity contribution in [3.8, 4) is 5.75 Å². The smallest absolute Gasteiger partial charge is 0.410 e. The van der Waals surface area contributed by atoms with Gasteiger partial charge in [-0.15, -0.1) is 0 Å². The predicted octanol–water partition coefficient (Wildman–Crippen LogP) is 4.09. The van der Waals surface area contributed by atoms with Crippen LogP contribution in [0.1, 0.15) is 33.6 Å². The van der Waals surface area contributed by atoms with E-state index in [1.165, 1.54) is 0 Å². The second kappa shape index (κ2) is 6.95. The van der Waals surface area contributed by atoms with Crippen molar-refractivity contribution < 1.29 is 19.1 Å². The topological polar surface area (TPSA) is 59.1 Å². The van der Waals surface area contributed by atoms with Crippen LogP contribution in [0.4, 0.5) is 10.5 Å². The SMILES string of the molecule is CN1C(=O)C(=C2CCN(C(=O)OC(C)(C)C)CC2)Oc2ccc(Br)cc21. The first-order chi connectivity index (χ1) is 12.2.